The number of rotatable bonds is 4. The molecule has 0 aromatic rings. The van der Waals surface area contributed by atoms with E-state index in [1.54, 1.807) is 6.08 Å². The molecule has 0 spiro atoms. The van der Waals surface area contributed by atoms with Crippen LogP contribution in [0.25, 0.3) is 0 Å². The van der Waals surface area contributed by atoms with Crippen molar-refractivity contribution in [2.24, 2.45) is 0 Å². The summed E-state index contributed by atoms with van der Waals surface area (Å²) < 4.78 is 5.52. The van der Waals surface area contributed by atoms with Gasteiger partial charge in [0.05, 0.1) is 6.00 Å². The van der Waals surface area contributed by atoms with E-state index < -0.39 is 6.00 Å². The first-order valence-corrected chi connectivity index (χ1v) is 5.57. The Labute approximate surface area is 105 Å². The third-order valence-electron chi connectivity index (χ3n) is 2.52. The summed E-state index contributed by atoms with van der Waals surface area (Å²) in [4.78, 5) is 0. The first-order chi connectivity index (χ1) is 8.13. The summed E-state index contributed by atoms with van der Waals surface area (Å²) in [6.07, 6.45) is 11.3. The molecule has 0 saturated carbocycles. The van der Waals surface area contributed by atoms with E-state index in [2.05, 4.69) is 13.2 Å². The molecule has 1 heterocycles. The van der Waals surface area contributed by atoms with E-state index >= 15 is 0 Å². The van der Waals surface area contributed by atoms with Gasteiger partial charge in [-0.15, -0.1) is 0 Å². The molecule has 2 heteroatoms. The number of ether oxygens (including phenoxy) is 1. The topological polar surface area (TPSA) is 9.23 Å². The van der Waals surface area contributed by atoms with Crippen LogP contribution >= 0.6 is 0 Å². The molecule has 1 nitrogen and oxygen atoms in total. The van der Waals surface area contributed by atoms with Crippen molar-refractivity contribution in [1.29, 1.82) is 0 Å². The minimum atomic E-state index is -0.400. The van der Waals surface area contributed by atoms with E-state index in [1.807, 2.05) is 44.2 Å². The first-order valence-electron chi connectivity index (χ1n) is 5.57. The molecule has 0 aromatic heterocycles. The zero-order chi connectivity index (χ0) is 12.8. The summed E-state index contributed by atoms with van der Waals surface area (Å²) in [6, 6.07) is -0.400. The Morgan fingerprint density at radius 3 is 2.71 bits per heavy atom. The van der Waals surface area contributed by atoms with E-state index in [1.165, 1.54) is 0 Å². The Bertz CT molecular complexity index is 436. The minimum absolute atomic E-state index is 0.400. The van der Waals surface area contributed by atoms with Crippen LogP contribution in [0.15, 0.2) is 72.1 Å². The molecule has 1 rings (SSSR count). The van der Waals surface area contributed by atoms with Gasteiger partial charge < -0.3 is 4.74 Å². The molecule has 0 bridgehead atoms. The molecule has 0 aliphatic carbocycles. The lowest BCUT2D eigenvalue weighted by molar-refractivity contribution is 0.222. The van der Waals surface area contributed by atoms with Crippen molar-refractivity contribution in [3.63, 3.8) is 0 Å². The van der Waals surface area contributed by atoms with Gasteiger partial charge in [0.25, 0.3) is 0 Å². The highest BCUT2D eigenvalue weighted by Crippen LogP contribution is 2.27. The second-order valence-electron chi connectivity index (χ2n) is 3.72. The van der Waals surface area contributed by atoms with Gasteiger partial charge in [-0.3, -0.25) is 0 Å². The zero-order valence-electron chi connectivity index (χ0n) is 10.4. The van der Waals surface area contributed by atoms with Gasteiger partial charge in [-0.05, 0) is 31.1 Å². The summed E-state index contributed by atoms with van der Waals surface area (Å²) in [7, 11) is 5.70. The Kier molecular flexibility index (Phi) is 4.83. The fourth-order valence-electron chi connectivity index (χ4n) is 1.61. The fraction of sp³-hybridized carbons (Fsp3) is 0.200. The van der Waals surface area contributed by atoms with Crippen molar-refractivity contribution < 1.29 is 4.74 Å². The maximum absolute atomic E-state index is 5.70. The molecule has 1 atom stereocenters. The number of hydrogen-bond donors (Lipinski definition) is 0. The third-order valence-corrected chi connectivity index (χ3v) is 2.52. The van der Waals surface area contributed by atoms with Gasteiger partial charge in [0.15, 0.2) is 0 Å². The predicted octanol–water partition coefficient (Wildman–Crippen LogP) is 3.59. The van der Waals surface area contributed by atoms with Crippen LogP contribution in [-0.4, -0.2) is 13.8 Å². The zero-order valence-corrected chi connectivity index (χ0v) is 10.4. The fourth-order valence-corrected chi connectivity index (χ4v) is 1.61. The second-order valence-corrected chi connectivity index (χ2v) is 3.72. The van der Waals surface area contributed by atoms with Crippen LogP contribution in [0.4, 0.5) is 0 Å². The normalized spacial score (nSPS) is 21.2. The average Bonchev–Trinajstić information content (AvgIpc) is 2.35. The summed E-state index contributed by atoms with van der Waals surface area (Å²) in [5, 5.41) is 0. The largest absolute Gasteiger partial charge is 0.496 e. The predicted molar refractivity (Wildman–Crippen MR) is 74.7 cm³/mol. The maximum Gasteiger partial charge on any atom is 0.132 e. The van der Waals surface area contributed by atoms with Crippen molar-refractivity contribution in [2.45, 2.75) is 19.9 Å². The summed E-state index contributed by atoms with van der Waals surface area (Å²) in [5.41, 5.74) is 3.14. The monoisotopic (exact) mass is 224 g/mol. The highest BCUT2D eigenvalue weighted by atomic mass is 16.5. The molecule has 0 aromatic carbocycles. The number of hydrogen-bond acceptors (Lipinski definition) is 1. The quantitative estimate of drug-likeness (QED) is 0.523. The van der Waals surface area contributed by atoms with E-state index in [0.717, 1.165) is 16.7 Å². The lowest BCUT2D eigenvalue weighted by atomic mass is 9.92. The minimum Gasteiger partial charge on any atom is -0.496 e. The van der Waals surface area contributed by atoms with Crippen LogP contribution in [0, 0.1) is 0 Å². The molecule has 0 saturated heterocycles. The average molecular weight is 224 g/mol. The maximum atomic E-state index is 5.70. The van der Waals surface area contributed by atoms with E-state index in [0.29, 0.717) is 5.76 Å². The van der Waals surface area contributed by atoms with Crippen molar-refractivity contribution in [3.05, 3.63) is 72.1 Å². The standard InChI is InChI=1S/C15H17BO/c1-5-8-12(11(4)6-2)13-9-10-15(16)17-14(13)7-3/h5-10,15H,2-3H2,1,4H3/b8-5-,12-11+. The Morgan fingerprint density at radius 1 is 1.47 bits per heavy atom. The van der Waals surface area contributed by atoms with Crippen LogP contribution in [0.5, 0.6) is 0 Å². The lowest BCUT2D eigenvalue weighted by Crippen LogP contribution is -2.14. The van der Waals surface area contributed by atoms with Gasteiger partial charge in [0.2, 0.25) is 0 Å². The highest BCUT2D eigenvalue weighted by Gasteiger charge is 2.14. The van der Waals surface area contributed by atoms with Crippen molar-refractivity contribution in [1.82, 2.24) is 0 Å². The lowest BCUT2D eigenvalue weighted by Gasteiger charge is -2.21. The highest BCUT2D eigenvalue weighted by molar-refractivity contribution is 6.12. The Balaban J connectivity index is 3.33. The van der Waals surface area contributed by atoms with Gasteiger partial charge in [-0.1, -0.05) is 43.5 Å². The molecule has 1 aliphatic rings. The molecule has 17 heavy (non-hydrogen) atoms. The van der Waals surface area contributed by atoms with Gasteiger partial charge >= 0.3 is 0 Å². The van der Waals surface area contributed by atoms with E-state index in [-0.39, 0.29) is 0 Å². The van der Waals surface area contributed by atoms with Crippen LogP contribution in [0.3, 0.4) is 0 Å². The SMILES string of the molecule is [B]C1C=CC(C(/C=C\C)=C(\C)C=C)=C(C=C)O1. The van der Waals surface area contributed by atoms with Crippen LogP contribution in [-0.2, 0) is 4.74 Å². The van der Waals surface area contributed by atoms with Crippen LogP contribution in [0.2, 0.25) is 0 Å². The van der Waals surface area contributed by atoms with Gasteiger partial charge in [0.1, 0.15) is 13.6 Å². The second kappa shape index (κ2) is 6.14. The molecule has 0 amide bonds. The molecule has 0 fully saturated rings. The van der Waals surface area contributed by atoms with Gasteiger partial charge in [-0.2, -0.15) is 0 Å². The van der Waals surface area contributed by atoms with E-state index in [9.17, 15) is 0 Å². The summed E-state index contributed by atoms with van der Waals surface area (Å²) in [6.45, 7) is 11.5. The molecule has 2 radical (unpaired) electrons. The molecule has 1 aliphatic heterocycles. The van der Waals surface area contributed by atoms with Crippen molar-refractivity contribution in [2.75, 3.05) is 0 Å². The Hall–Kier alpha value is -1.70. The molecular weight excluding hydrogens is 207 g/mol. The van der Waals surface area contributed by atoms with Gasteiger partial charge in [-0.25, -0.2) is 0 Å². The van der Waals surface area contributed by atoms with Crippen molar-refractivity contribution in [3.8, 4) is 0 Å². The van der Waals surface area contributed by atoms with Crippen LogP contribution in [0.1, 0.15) is 13.8 Å². The summed E-state index contributed by atoms with van der Waals surface area (Å²) >= 11 is 0. The molecular formula is C15H17BO. The van der Waals surface area contributed by atoms with Crippen molar-refractivity contribution >= 4 is 7.85 Å². The third kappa shape index (κ3) is 3.13. The number of allylic oxidation sites excluding steroid dienone is 8. The van der Waals surface area contributed by atoms with Gasteiger partial charge in [0, 0.05) is 5.57 Å². The molecule has 1 unspecified atom stereocenters. The molecule has 86 valence electrons. The summed E-state index contributed by atoms with van der Waals surface area (Å²) in [5.74, 6) is 0.703. The Morgan fingerprint density at radius 2 is 2.18 bits per heavy atom. The molecule has 0 N–H and O–H groups in total. The van der Waals surface area contributed by atoms with Crippen LogP contribution < -0.4 is 0 Å². The first kappa shape index (κ1) is 13.4. The van der Waals surface area contributed by atoms with E-state index in [4.69, 9.17) is 12.6 Å². The smallest absolute Gasteiger partial charge is 0.132 e.